The highest BCUT2D eigenvalue weighted by atomic mass is 32.1. The van der Waals surface area contributed by atoms with Gasteiger partial charge in [0.05, 0.1) is 11.4 Å². The minimum absolute atomic E-state index is 0.503. The van der Waals surface area contributed by atoms with Gasteiger partial charge in [-0.3, -0.25) is 4.40 Å². The summed E-state index contributed by atoms with van der Waals surface area (Å²) >= 11 is 1.66. The topological polar surface area (TPSA) is 43.3 Å². The van der Waals surface area contributed by atoms with Crippen LogP contribution in [-0.2, 0) is 6.54 Å². The molecule has 2 N–H and O–H groups in total. The fourth-order valence-corrected chi connectivity index (χ4v) is 2.97. The Labute approximate surface area is 104 Å². The molecule has 3 aromatic rings. The Kier molecular flexibility index (Phi) is 2.46. The van der Waals surface area contributed by atoms with E-state index in [4.69, 9.17) is 5.73 Å². The highest BCUT2D eigenvalue weighted by Gasteiger charge is 2.14. The average Bonchev–Trinajstić information content (AvgIpc) is 2.91. The maximum atomic E-state index is 5.87. The zero-order valence-corrected chi connectivity index (χ0v) is 10.4. The van der Waals surface area contributed by atoms with E-state index in [0.29, 0.717) is 6.54 Å². The van der Waals surface area contributed by atoms with E-state index >= 15 is 0 Å². The predicted octanol–water partition coefficient (Wildman–Crippen LogP) is 2.83. The van der Waals surface area contributed by atoms with Crippen LogP contribution in [-0.4, -0.2) is 9.38 Å². The van der Waals surface area contributed by atoms with Gasteiger partial charge >= 0.3 is 0 Å². The molecule has 17 heavy (non-hydrogen) atoms. The molecule has 4 heteroatoms. The molecule has 86 valence electrons. The van der Waals surface area contributed by atoms with Crippen LogP contribution >= 0.6 is 11.3 Å². The van der Waals surface area contributed by atoms with E-state index in [1.165, 1.54) is 5.69 Å². The largest absolute Gasteiger partial charge is 0.325 e. The van der Waals surface area contributed by atoms with Crippen LogP contribution in [0, 0.1) is 6.92 Å². The Morgan fingerprint density at radius 1 is 1.29 bits per heavy atom. The van der Waals surface area contributed by atoms with Gasteiger partial charge in [-0.2, -0.15) is 0 Å². The predicted molar refractivity (Wildman–Crippen MR) is 71.1 cm³/mol. The summed E-state index contributed by atoms with van der Waals surface area (Å²) in [6.07, 6.45) is 0. The van der Waals surface area contributed by atoms with E-state index in [1.54, 1.807) is 11.3 Å². The van der Waals surface area contributed by atoms with Crippen molar-refractivity contribution in [3.05, 3.63) is 47.1 Å². The molecular weight excluding hydrogens is 230 g/mol. The summed E-state index contributed by atoms with van der Waals surface area (Å²) in [5.41, 5.74) is 10.3. The molecule has 0 fully saturated rings. The molecular formula is C13H13N3S. The Bertz CT molecular complexity index is 652. The van der Waals surface area contributed by atoms with Crippen LogP contribution in [0.4, 0.5) is 0 Å². The van der Waals surface area contributed by atoms with E-state index < -0.39 is 0 Å². The molecule has 0 bridgehead atoms. The first kappa shape index (κ1) is 10.5. The molecule has 0 saturated heterocycles. The highest BCUT2D eigenvalue weighted by molar-refractivity contribution is 7.15. The third kappa shape index (κ3) is 1.57. The Balaban J connectivity index is 2.30. The summed E-state index contributed by atoms with van der Waals surface area (Å²) < 4.78 is 2.15. The van der Waals surface area contributed by atoms with E-state index in [1.807, 2.05) is 18.2 Å². The number of aryl methyl sites for hydroxylation is 1. The minimum Gasteiger partial charge on any atom is -0.325 e. The zero-order valence-electron chi connectivity index (χ0n) is 9.55. The summed E-state index contributed by atoms with van der Waals surface area (Å²) in [7, 11) is 0. The van der Waals surface area contributed by atoms with Crippen molar-refractivity contribution in [2.24, 2.45) is 5.73 Å². The molecule has 0 radical (unpaired) electrons. The first-order valence-electron chi connectivity index (χ1n) is 5.52. The number of thiazole rings is 1. The molecule has 2 aromatic heterocycles. The molecule has 0 unspecified atom stereocenters. The van der Waals surface area contributed by atoms with E-state index in [-0.39, 0.29) is 0 Å². The summed E-state index contributed by atoms with van der Waals surface area (Å²) in [5.74, 6) is 0. The van der Waals surface area contributed by atoms with Crippen LogP contribution in [0.25, 0.3) is 16.2 Å². The van der Waals surface area contributed by atoms with Crippen molar-refractivity contribution in [3.63, 3.8) is 0 Å². The van der Waals surface area contributed by atoms with Crippen molar-refractivity contribution in [1.82, 2.24) is 9.38 Å². The second-order valence-corrected chi connectivity index (χ2v) is 4.81. The van der Waals surface area contributed by atoms with E-state index in [2.05, 4.69) is 33.8 Å². The standard InChI is InChI=1S/C13H13N3S/c1-9-8-17-13-15-12(11(7-14)16(9)13)10-5-3-2-4-6-10/h2-6,8H,7,14H2,1H3. The quantitative estimate of drug-likeness (QED) is 0.752. The van der Waals surface area contributed by atoms with Gasteiger partial charge in [-0.15, -0.1) is 11.3 Å². The van der Waals surface area contributed by atoms with Gasteiger partial charge in [0.2, 0.25) is 0 Å². The molecule has 3 rings (SSSR count). The van der Waals surface area contributed by atoms with Crippen molar-refractivity contribution in [2.75, 3.05) is 0 Å². The lowest BCUT2D eigenvalue weighted by Gasteiger charge is -2.02. The zero-order chi connectivity index (χ0) is 11.8. The van der Waals surface area contributed by atoms with Crippen molar-refractivity contribution in [1.29, 1.82) is 0 Å². The first-order chi connectivity index (χ1) is 8.31. The SMILES string of the molecule is Cc1csc2nc(-c3ccccc3)c(CN)n12. The van der Waals surface area contributed by atoms with Gasteiger partial charge in [0, 0.05) is 23.2 Å². The van der Waals surface area contributed by atoms with Gasteiger partial charge in [0.1, 0.15) is 0 Å². The van der Waals surface area contributed by atoms with Crippen LogP contribution in [0.15, 0.2) is 35.7 Å². The van der Waals surface area contributed by atoms with Crippen LogP contribution in [0.1, 0.15) is 11.4 Å². The Hall–Kier alpha value is -1.65. The molecule has 2 heterocycles. The molecule has 0 aliphatic rings. The number of fused-ring (bicyclic) bond motifs is 1. The molecule has 0 aliphatic carbocycles. The number of nitrogens with zero attached hydrogens (tertiary/aromatic N) is 2. The number of rotatable bonds is 2. The Morgan fingerprint density at radius 2 is 2.06 bits per heavy atom. The number of aromatic nitrogens is 2. The summed E-state index contributed by atoms with van der Waals surface area (Å²) in [4.78, 5) is 5.69. The second kappa shape index (κ2) is 3.98. The maximum Gasteiger partial charge on any atom is 0.194 e. The van der Waals surface area contributed by atoms with E-state index in [0.717, 1.165) is 21.9 Å². The second-order valence-electron chi connectivity index (χ2n) is 3.97. The minimum atomic E-state index is 0.503. The number of hydrogen-bond donors (Lipinski definition) is 1. The lowest BCUT2D eigenvalue weighted by Crippen LogP contribution is -2.03. The van der Waals surface area contributed by atoms with Gasteiger partial charge in [0.25, 0.3) is 0 Å². The van der Waals surface area contributed by atoms with Crippen molar-refractivity contribution >= 4 is 16.3 Å². The van der Waals surface area contributed by atoms with Crippen LogP contribution in [0.5, 0.6) is 0 Å². The fraction of sp³-hybridized carbons (Fsp3) is 0.154. The molecule has 0 atom stereocenters. The third-order valence-corrected chi connectivity index (χ3v) is 3.81. The van der Waals surface area contributed by atoms with Gasteiger partial charge in [-0.1, -0.05) is 30.3 Å². The third-order valence-electron chi connectivity index (χ3n) is 2.87. The molecule has 0 spiro atoms. The van der Waals surface area contributed by atoms with Crippen molar-refractivity contribution in [2.45, 2.75) is 13.5 Å². The van der Waals surface area contributed by atoms with Crippen molar-refractivity contribution < 1.29 is 0 Å². The highest BCUT2D eigenvalue weighted by Crippen LogP contribution is 2.27. The normalized spacial score (nSPS) is 11.2. The van der Waals surface area contributed by atoms with Gasteiger partial charge in [-0.05, 0) is 6.92 Å². The maximum absolute atomic E-state index is 5.87. The smallest absolute Gasteiger partial charge is 0.194 e. The van der Waals surface area contributed by atoms with Crippen molar-refractivity contribution in [3.8, 4) is 11.3 Å². The van der Waals surface area contributed by atoms with E-state index in [9.17, 15) is 0 Å². The lowest BCUT2D eigenvalue weighted by molar-refractivity contribution is 0.946. The fourth-order valence-electron chi connectivity index (χ4n) is 2.08. The molecule has 0 amide bonds. The van der Waals surface area contributed by atoms with Crippen LogP contribution in [0.3, 0.4) is 0 Å². The molecule has 3 nitrogen and oxygen atoms in total. The molecule has 1 aromatic carbocycles. The number of benzene rings is 1. The molecule has 0 saturated carbocycles. The monoisotopic (exact) mass is 243 g/mol. The average molecular weight is 243 g/mol. The molecule has 0 aliphatic heterocycles. The summed E-state index contributed by atoms with van der Waals surface area (Å²) in [5, 5.41) is 2.11. The number of hydrogen-bond acceptors (Lipinski definition) is 3. The van der Waals surface area contributed by atoms with Crippen LogP contribution in [0.2, 0.25) is 0 Å². The summed E-state index contributed by atoms with van der Waals surface area (Å²) in [6, 6.07) is 10.2. The Morgan fingerprint density at radius 3 is 2.76 bits per heavy atom. The van der Waals surface area contributed by atoms with Gasteiger partial charge in [-0.25, -0.2) is 4.98 Å². The summed E-state index contributed by atoms with van der Waals surface area (Å²) in [6.45, 7) is 2.59. The number of imidazole rings is 1. The van der Waals surface area contributed by atoms with Crippen LogP contribution < -0.4 is 5.73 Å². The van der Waals surface area contributed by atoms with Gasteiger partial charge < -0.3 is 5.73 Å². The number of nitrogens with two attached hydrogens (primary N) is 1. The first-order valence-corrected chi connectivity index (χ1v) is 6.40. The van der Waals surface area contributed by atoms with Gasteiger partial charge in [0.15, 0.2) is 4.96 Å². The lowest BCUT2D eigenvalue weighted by atomic mass is 10.1.